The molecule has 0 unspecified atom stereocenters. The first-order valence-corrected chi connectivity index (χ1v) is 8.63. The maximum absolute atomic E-state index is 13.9. The highest BCUT2D eigenvalue weighted by Crippen LogP contribution is 2.38. The van der Waals surface area contributed by atoms with Crippen LogP contribution in [0.2, 0.25) is 0 Å². The zero-order valence-corrected chi connectivity index (χ0v) is 14.1. The van der Waals surface area contributed by atoms with Gasteiger partial charge in [0.15, 0.2) is 23.3 Å². The van der Waals surface area contributed by atoms with Crippen LogP contribution in [-0.4, -0.2) is 5.91 Å². The molecule has 26 heavy (non-hydrogen) atoms. The molecule has 0 heterocycles. The molecular formula is C20H19F4NO. The van der Waals surface area contributed by atoms with Crippen LogP contribution >= 0.6 is 0 Å². The van der Waals surface area contributed by atoms with Gasteiger partial charge < -0.3 is 5.32 Å². The van der Waals surface area contributed by atoms with E-state index < -0.39 is 23.3 Å². The van der Waals surface area contributed by atoms with Crippen molar-refractivity contribution in [2.75, 3.05) is 5.32 Å². The lowest BCUT2D eigenvalue weighted by molar-refractivity contribution is -0.117. The quantitative estimate of drug-likeness (QED) is 0.708. The number of hydrogen-bond donors (Lipinski definition) is 1. The Morgan fingerprint density at radius 3 is 2.19 bits per heavy atom. The van der Waals surface area contributed by atoms with Crippen LogP contribution in [0, 0.1) is 29.2 Å². The number of nitrogens with one attached hydrogen (secondary N) is 1. The fourth-order valence-electron chi connectivity index (χ4n) is 3.58. The summed E-state index contributed by atoms with van der Waals surface area (Å²) in [4.78, 5) is 12.1. The molecule has 2 aromatic rings. The van der Waals surface area contributed by atoms with Crippen molar-refractivity contribution in [3.05, 3.63) is 65.2 Å². The van der Waals surface area contributed by atoms with Gasteiger partial charge in [-0.25, -0.2) is 17.6 Å². The Morgan fingerprint density at radius 2 is 1.50 bits per heavy atom. The molecule has 6 heteroatoms. The normalized spacial score (nSPS) is 20.0. The van der Waals surface area contributed by atoms with Crippen LogP contribution in [0.1, 0.15) is 43.6 Å². The fourth-order valence-corrected chi connectivity index (χ4v) is 3.58. The molecule has 138 valence electrons. The minimum atomic E-state index is -1.08. The molecule has 1 aliphatic rings. The van der Waals surface area contributed by atoms with E-state index in [2.05, 4.69) is 5.32 Å². The van der Waals surface area contributed by atoms with Crippen molar-refractivity contribution in [3.63, 3.8) is 0 Å². The molecule has 0 radical (unpaired) electrons. The van der Waals surface area contributed by atoms with Crippen LogP contribution in [0.25, 0.3) is 0 Å². The molecule has 1 fully saturated rings. The van der Waals surface area contributed by atoms with E-state index in [-0.39, 0.29) is 29.9 Å². The molecule has 0 atom stereocenters. The lowest BCUT2D eigenvalue weighted by Gasteiger charge is -2.28. The number of anilines is 1. The molecule has 1 saturated carbocycles. The zero-order valence-electron chi connectivity index (χ0n) is 14.1. The van der Waals surface area contributed by atoms with Crippen LogP contribution < -0.4 is 5.32 Å². The maximum atomic E-state index is 13.9. The minimum absolute atomic E-state index is 0.0642. The van der Waals surface area contributed by atoms with Gasteiger partial charge in [-0.2, -0.15) is 0 Å². The largest absolute Gasteiger partial charge is 0.323 e. The summed E-state index contributed by atoms with van der Waals surface area (Å²) in [6.07, 6.45) is 2.90. The average Bonchev–Trinajstić information content (AvgIpc) is 2.62. The summed E-state index contributed by atoms with van der Waals surface area (Å²) >= 11 is 0. The van der Waals surface area contributed by atoms with Crippen molar-refractivity contribution in [2.24, 2.45) is 5.92 Å². The van der Waals surface area contributed by atoms with Gasteiger partial charge in [-0.1, -0.05) is 18.2 Å². The van der Waals surface area contributed by atoms with Crippen molar-refractivity contribution < 1.29 is 22.4 Å². The summed E-state index contributed by atoms with van der Waals surface area (Å²) in [5.74, 6) is -4.09. The first kappa shape index (κ1) is 18.4. The van der Waals surface area contributed by atoms with E-state index in [9.17, 15) is 22.4 Å². The Kier molecular flexibility index (Phi) is 5.59. The van der Waals surface area contributed by atoms with Crippen LogP contribution in [0.3, 0.4) is 0 Å². The van der Waals surface area contributed by atoms with E-state index in [0.717, 1.165) is 12.1 Å². The fraction of sp³-hybridized carbons (Fsp3) is 0.350. The van der Waals surface area contributed by atoms with E-state index >= 15 is 0 Å². The number of halogens is 4. The third-order valence-electron chi connectivity index (χ3n) is 4.97. The van der Waals surface area contributed by atoms with Gasteiger partial charge in [0.05, 0.1) is 5.69 Å². The molecule has 3 rings (SSSR count). The van der Waals surface area contributed by atoms with E-state index in [0.29, 0.717) is 31.2 Å². The second kappa shape index (κ2) is 7.89. The second-order valence-electron chi connectivity index (χ2n) is 6.71. The summed E-state index contributed by atoms with van der Waals surface area (Å²) in [7, 11) is 0. The molecule has 0 spiro atoms. The second-order valence-corrected chi connectivity index (χ2v) is 6.71. The van der Waals surface area contributed by atoms with Gasteiger partial charge in [0.2, 0.25) is 5.91 Å². The lowest BCUT2D eigenvalue weighted by Crippen LogP contribution is -2.21. The summed E-state index contributed by atoms with van der Waals surface area (Å²) in [6.45, 7) is 0. The first-order valence-electron chi connectivity index (χ1n) is 8.63. The SMILES string of the molecule is O=C(CC1CCC(c2cccc(F)c2F)CC1)Nc1cccc(F)c1F. The molecule has 2 aromatic carbocycles. The predicted molar refractivity (Wildman–Crippen MR) is 90.7 cm³/mol. The lowest BCUT2D eigenvalue weighted by atomic mass is 9.77. The van der Waals surface area contributed by atoms with Crippen LogP contribution in [0.5, 0.6) is 0 Å². The average molecular weight is 365 g/mol. The number of carbonyl (C=O) groups excluding carboxylic acids is 1. The number of rotatable bonds is 4. The van der Waals surface area contributed by atoms with E-state index in [4.69, 9.17) is 0 Å². The number of carbonyl (C=O) groups is 1. The Bertz CT molecular complexity index is 800. The third kappa shape index (κ3) is 4.06. The van der Waals surface area contributed by atoms with Crippen LogP contribution in [0.4, 0.5) is 23.2 Å². The van der Waals surface area contributed by atoms with E-state index in [1.165, 1.54) is 18.2 Å². The van der Waals surface area contributed by atoms with Crippen molar-refractivity contribution in [1.29, 1.82) is 0 Å². The van der Waals surface area contributed by atoms with Crippen LogP contribution in [0.15, 0.2) is 36.4 Å². The van der Waals surface area contributed by atoms with Gasteiger partial charge in [0.25, 0.3) is 0 Å². The van der Waals surface area contributed by atoms with Gasteiger partial charge >= 0.3 is 0 Å². The molecule has 0 bridgehead atoms. The number of hydrogen-bond acceptors (Lipinski definition) is 1. The van der Waals surface area contributed by atoms with Crippen molar-refractivity contribution in [2.45, 2.75) is 38.0 Å². The summed E-state index contributed by atoms with van der Waals surface area (Å²) in [5.41, 5.74) is 0.209. The first-order chi connectivity index (χ1) is 12.5. The maximum Gasteiger partial charge on any atom is 0.224 e. The monoisotopic (exact) mass is 365 g/mol. The van der Waals surface area contributed by atoms with Crippen LogP contribution in [-0.2, 0) is 4.79 Å². The van der Waals surface area contributed by atoms with E-state index in [1.807, 2.05) is 0 Å². The van der Waals surface area contributed by atoms with Gasteiger partial charge in [-0.05, 0) is 61.3 Å². The smallest absolute Gasteiger partial charge is 0.224 e. The molecule has 2 nitrogen and oxygen atoms in total. The predicted octanol–water partition coefficient (Wildman–Crippen LogP) is 5.55. The Labute approximate surface area is 149 Å². The number of benzene rings is 2. The molecule has 0 aliphatic heterocycles. The van der Waals surface area contributed by atoms with E-state index in [1.54, 1.807) is 6.07 Å². The summed E-state index contributed by atoms with van der Waals surface area (Å²) < 4.78 is 54.0. The van der Waals surface area contributed by atoms with Crippen molar-refractivity contribution in [1.82, 2.24) is 0 Å². The summed E-state index contributed by atoms with van der Waals surface area (Å²) in [5, 5.41) is 2.39. The zero-order chi connectivity index (χ0) is 18.7. The molecule has 1 N–H and O–H groups in total. The highest BCUT2D eigenvalue weighted by Gasteiger charge is 2.26. The molecule has 1 aliphatic carbocycles. The molecule has 0 aromatic heterocycles. The standard InChI is InChI=1S/C20H19F4NO/c21-15-4-1-3-14(19(15)23)13-9-7-12(8-10-13)11-18(26)25-17-6-2-5-16(22)20(17)24/h1-6,12-13H,7-11H2,(H,25,26). The Hall–Kier alpha value is -2.37. The van der Waals surface area contributed by atoms with Gasteiger partial charge in [0, 0.05) is 6.42 Å². The Morgan fingerprint density at radius 1 is 0.885 bits per heavy atom. The topological polar surface area (TPSA) is 29.1 Å². The van der Waals surface area contributed by atoms with Gasteiger partial charge in [0.1, 0.15) is 0 Å². The third-order valence-corrected chi connectivity index (χ3v) is 4.97. The van der Waals surface area contributed by atoms with Crippen molar-refractivity contribution >= 4 is 11.6 Å². The highest BCUT2D eigenvalue weighted by atomic mass is 19.2. The molecule has 0 saturated heterocycles. The number of amides is 1. The highest BCUT2D eigenvalue weighted by molar-refractivity contribution is 5.90. The molecule has 1 amide bonds. The minimum Gasteiger partial charge on any atom is -0.323 e. The Balaban J connectivity index is 1.54. The van der Waals surface area contributed by atoms with Crippen molar-refractivity contribution in [3.8, 4) is 0 Å². The summed E-state index contributed by atoms with van der Waals surface area (Å²) in [6, 6.07) is 7.81. The van der Waals surface area contributed by atoms with Gasteiger partial charge in [-0.3, -0.25) is 4.79 Å². The van der Waals surface area contributed by atoms with Gasteiger partial charge in [-0.15, -0.1) is 0 Å². The molecular weight excluding hydrogens is 346 g/mol.